The molecule has 70 valence electrons. The Labute approximate surface area is 94.1 Å². The van der Waals surface area contributed by atoms with E-state index in [0.717, 1.165) is 25.1 Å². The van der Waals surface area contributed by atoms with Gasteiger partial charge in [0.1, 0.15) is 0 Å². The zero-order valence-electron chi connectivity index (χ0n) is 7.25. The van der Waals surface area contributed by atoms with Crippen molar-refractivity contribution in [1.29, 1.82) is 5.26 Å². The van der Waals surface area contributed by atoms with Crippen LogP contribution in [0, 0.1) is 11.3 Å². The maximum absolute atomic E-state index is 8.59. The van der Waals surface area contributed by atoms with Crippen LogP contribution in [0.5, 0.6) is 0 Å². The number of nitrogen functional groups attached to an aromatic ring is 1. The van der Waals surface area contributed by atoms with Crippen molar-refractivity contribution in [1.82, 2.24) is 0 Å². The molecule has 2 nitrogen and oxygen atoms in total. The van der Waals surface area contributed by atoms with Crippen molar-refractivity contribution in [3.8, 4) is 6.07 Å². The van der Waals surface area contributed by atoms with Crippen LogP contribution in [0.25, 0.3) is 10.1 Å². The Kier molecular flexibility index (Phi) is 2.44. The van der Waals surface area contributed by atoms with Gasteiger partial charge >= 0.3 is 0 Å². The van der Waals surface area contributed by atoms with Crippen LogP contribution in [0.1, 0.15) is 5.56 Å². The number of halogens is 1. The van der Waals surface area contributed by atoms with Crippen molar-refractivity contribution in [2.45, 2.75) is 6.42 Å². The van der Waals surface area contributed by atoms with E-state index in [-0.39, 0.29) is 0 Å². The first kappa shape index (κ1) is 9.50. The minimum absolute atomic E-state index is 0.410. The number of hydrogen-bond acceptors (Lipinski definition) is 3. The normalized spacial score (nSPS) is 10.3. The molecule has 0 atom stereocenters. The highest BCUT2D eigenvalue weighted by atomic mass is 79.9. The molecule has 2 rings (SSSR count). The number of benzene rings is 1. The largest absolute Gasteiger partial charge is 0.398 e. The Balaban J connectivity index is 2.66. The van der Waals surface area contributed by atoms with Gasteiger partial charge in [0.2, 0.25) is 0 Å². The second kappa shape index (κ2) is 3.60. The molecule has 0 bridgehead atoms. The smallest absolute Gasteiger partial charge is 0.0711 e. The number of anilines is 1. The van der Waals surface area contributed by atoms with Crippen molar-refractivity contribution in [3.63, 3.8) is 0 Å². The minimum Gasteiger partial charge on any atom is -0.398 e. The van der Waals surface area contributed by atoms with Crippen molar-refractivity contribution >= 4 is 43.0 Å². The Morgan fingerprint density at radius 2 is 2.21 bits per heavy atom. The van der Waals surface area contributed by atoms with Crippen LogP contribution in [0.15, 0.2) is 22.0 Å². The highest BCUT2D eigenvalue weighted by molar-refractivity contribution is 9.11. The summed E-state index contributed by atoms with van der Waals surface area (Å²) in [6.45, 7) is 0. The zero-order chi connectivity index (χ0) is 10.1. The summed E-state index contributed by atoms with van der Waals surface area (Å²) in [6.07, 6.45) is 0.410. The summed E-state index contributed by atoms with van der Waals surface area (Å²) < 4.78 is 2.15. The summed E-state index contributed by atoms with van der Waals surface area (Å²) in [4.78, 5) is 0. The lowest BCUT2D eigenvalue weighted by molar-refractivity contribution is 1.27. The standard InChI is InChI=1S/C10H7BrN2S/c11-9-5-7-3-6(1-2-12)4-8(13)10(7)14-9/h3-5H,1,13H2. The predicted molar refractivity (Wildman–Crippen MR) is 63.3 cm³/mol. The van der Waals surface area contributed by atoms with Crippen molar-refractivity contribution < 1.29 is 0 Å². The van der Waals surface area contributed by atoms with Crippen molar-refractivity contribution in [2.24, 2.45) is 0 Å². The van der Waals surface area contributed by atoms with Crippen LogP contribution < -0.4 is 5.73 Å². The van der Waals surface area contributed by atoms with Gasteiger partial charge in [0.05, 0.1) is 21.0 Å². The summed E-state index contributed by atoms with van der Waals surface area (Å²) in [7, 11) is 0. The minimum atomic E-state index is 0.410. The third-order valence-electron chi connectivity index (χ3n) is 1.96. The summed E-state index contributed by atoms with van der Waals surface area (Å²) >= 11 is 5.03. The molecule has 0 aliphatic carbocycles. The summed E-state index contributed by atoms with van der Waals surface area (Å²) in [6, 6.07) is 8.02. The molecule has 0 unspecified atom stereocenters. The van der Waals surface area contributed by atoms with Gasteiger partial charge in [-0.1, -0.05) is 0 Å². The van der Waals surface area contributed by atoms with Gasteiger partial charge in [0.15, 0.2) is 0 Å². The second-order valence-corrected chi connectivity index (χ2v) is 5.42. The molecule has 1 heterocycles. The van der Waals surface area contributed by atoms with Crippen LogP contribution >= 0.6 is 27.3 Å². The SMILES string of the molecule is N#CCc1cc(N)c2sc(Br)cc2c1. The molecule has 14 heavy (non-hydrogen) atoms. The van der Waals surface area contributed by atoms with Crippen molar-refractivity contribution in [2.75, 3.05) is 5.73 Å². The summed E-state index contributed by atoms with van der Waals surface area (Å²) in [5.74, 6) is 0. The molecule has 0 fully saturated rings. The lowest BCUT2D eigenvalue weighted by atomic mass is 10.1. The van der Waals surface area contributed by atoms with Gasteiger partial charge in [0.25, 0.3) is 0 Å². The number of nitrogens with two attached hydrogens (primary N) is 1. The molecule has 0 aliphatic rings. The maximum atomic E-state index is 8.59. The Morgan fingerprint density at radius 1 is 1.43 bits per heavy atom. The summed E-state index contributed by atoms with van der Waals surface area (Å²) in [5, 5.41) is 9.69. The zero-order valence-corrected chi connectivity index (χ0v) is 9.65. The quantitative estimate of drug-likeness (QED) is 0.806. The Bertz CT molecular complexity index is 525. The van der Waals surface area contributed by atoms with E-state index in [1.54, 1.807) is 11.3 Å². The number of nitrogens with zero attached hydrogens (tertiary/aromatic N) is 1. The van der Waals surface area contributed by atoms with Crippen LogP contribution in [-0.2, 0) is 6.42 Å². The number of rotatable bonds is 1. The van der Waals surface area contributed by atoms with Crippen LogP contribution in [0.3, 0.4) is 0 Å². The van der Waals surface area contributed by atoms with E-state index in [1.807, 2.05) is 18.2 Å². The maximum Gasteiger partial charge on any atom is 0.0711 e. The molecular weight excluding hydrogens is 260 g/mol. The number of nitriles is 1. The lowest BCUT2D eigenvalue weighted by Crippen LogP contribution is -1.88. The fourth-order valence-corrected chi connectivity index (χ4v) is 2.93. The van der Waals surface area contributed by atoms with Gasteiger partial charge in [-0.2, -0.15) is 5.26 Å². The van der Waals surface area contributed by atoms with Crippen molar-refractivity contribution in [3.05, 3.63) is 27.5 Å². The molecule has 2 aromatic rings. The molecule has 0 amide bonds. The summed E-state index contributed by atoms with van der Waals surface area (Å²) in [5.41, 5.74) is 7.61. The first-order valence-electron chi connectivity index (χ1n) is 4.05. The Hall–Kier alpha value is -1.05. The molecular formula is C10H7BrN2S. The van der Waals surface area contributed by atoms with E-state index in [2.05, 4.69) is 22.0 Å². The van der Waals surface area contributed by atoms with E-state index < -0.39 is 0 Å². The Morgan fingerprint density at radius 3 is 2.93 bits per heavy atom. The van der Waals surface area contributed by atoms with Crippen LogP contribution in [0.4, 0.5) is 5.69 Å². The van der Waals surface area contributed by atoms with E-state index in [9.17, 15) is 0 Å². The van der Waals surface area contributed by atoms with Gasteiger partial charge in [-0.25, -0.2) is 0 Å². The van der Waals surface area contributed by atoms with Gasteiger partial charge in [-0.15, -0.1) is 11.3 Å². The molecule has 1 aromatic heterocycles. The third kappa shape index (κ3) is 1.61. The number of hydrogen-bond donors (Lipinski definition) is 1. The van der Waals surface area contributed by atoms with Gasteiger partial charge in [0, 0.05) is 5.69 Å². The van der Waals surface area contributed by atoms with Gasteiger partial charge in [-0.05, 0) is 45.1 Å². The number of fused-ring (bicyclic) bond motifs is 1. The predicted octanol–water partition coefficient (Wildman–Crippen LogP) is 3.31. The molecule has 0 saturated carbocycles. The average molecular weight is 267 g/mol. The molecule has 0 spiro atoms. The highest BCUT2D eigenvalue weighted by Crippen LogP contribution is 2.34. The fourth-order valence-electron chi connectivity index (χ4n) is 1.41. The van der Waals surface area contributed by atoms with E-state index in [0.29, 0.717) is 6.42 Å². The van der Waals surface area contributed by atoms with Crippen LogP contribution in [0.2, 0.25) is 0 Å². The van der Waals surface area contributed by atoms with E-state index in [1.165, 1.54) is 0 Å². The highest BCUT2D eigenvalue weighted by Gasteiger charge is 2.05. The monoisotopic (exact) mass is 266 g/mol. The number of thiophene rings is 1. The topological polar surface area (TPSA) is 49.8 Å². The molecule has 4 heteroatoms. The van der Waals surface area contributed by atoms with Crippen LogP contribution in [-0.4, -0.2) is 0 Å². The molecule has 0 aliphatic heterocycles. The molecule has 0 radical (unpaired) electrons. The van der Waals surface area contributed by atoms with E-state index >= 15 is 0 Å². The molecule has 2 N–H and O–H groups in total. The van der Waals surface area contributed by atoms with Gasteiger partial charge in [-0.3, -0.25) is 0 Å². The lowest BCUT2D eigenvalue weighted by Gasteiger charge is -1.99. The first-order valence-corrected chi connectivity index (χ1v) is 5.66. The van der Waals surface area contributed by atoms with E-state index in [4.69, 9.17) is 11.0 Å². The third-order valence-corrected chi connectivity index (χ3v) is 3.66. The average Bonchev–Trinajstić information content (AvgIpc) is 2.47. The molecule has 1 aromatic carbocycles. The van der Waals surface area contributed by atoms with Gasteiger partial charge < -0.3 is 5.73 Å². The first-order chi connectivity index (χ1) is 6.70. The fraction of sp³-hybridized carbons (Fsp3) is 0.100. The molecule has 0 saturated heterocycles. The second-order valence-electron chi connectivity index (χ2n) is 2.99.